The summed E-state index contributed by atoms with van der Waals surface area (Å²) in [5, 5.41) is 3.39. The molecule has 2 fully saturated rings. The Kier molecular flexibility index (Phi) is 5.29. The van der Waals surface area contributed by atoms with Crippen LogP contribution in [-0.4, -0.2) is 55.1 Å². The highest BCUT2D eigenvalue weighted by Gasteiger charge is 2.25. The van der Waals surface area contributed by atoms with Crippen LogP contribution in [0.1, 0.15) is 39.0 Å². The van der Waals surface area contributed by atoms with Gasteiger partial charge in [0, 0.05) is 26.2 Å². The van der Waals surface area contributed by atoms with Crippen LogP contribution in [0.4, 0.5) is 4.79 Å². The molecule has 0 aromatic heterocycles. The van der Waals surface area contributed by atoms with Crippen LogP contribution in [0.3, 0.4) is 0 Å². The Balaban J connectivity index is 1.87. The second-order valence-corrected chi connectivity index (χ2v) is 5.62. The van der Waals surface area contributed by atoms with Crippen molar-refractivity contribution in [3.05, 3.63) is 0 Å². The Morgan fingerprint density at radius 3 is 2.56 bits per heavy atom. The van der Waals surface area contributed by atoms with E-state index in [0.29, 0.717) is 5.92 Å². The molecule has 18 heavy (non-hydrogen) atoms. The molecule has 2 rings (SSSR count). The molecule has 2 aliphatic heterocycles. The normalized spacial score (nSPS) is 21.3. The lowest BCUT2D eigenvalue weighted by atomic mass is 9.97. The minimum Gasteiger partial charge on any atom is -0.325 e. The molecule has 2 saturated heterocycles. The third kappa shape index (κ3) is 3.61. The summed E-state index contributed by atoms with van der Waals surface area (Å²) in [6, 6.07) is 0.285. The molecule has 0 aromatic carbocycles. The first kappa shape index (κ1) is 13.7. The molecule has 0 aliphatic carbocycles. The van der Waals surface area contributed by atoms with Crippen LogP contribution in [0.25, 0.3) is 0 Å². The van der Waals surface area contributed by atoms with Crippen LogP contribution >= 0.6 is 0 Å². The summed E-state index contributed by atoms with van der Waals surface area (Å²) in [6.45, 7) is 8.19. The minimum atomic E-state index is 0.285. The molecule has 2 amide bonds. The van der Waals surface area contributed by atoms with Crippen LogP contribution in [0.15, 0.2) is 0 Å². The van der Waals surface area contributed by atoms with Gasteiger partial charge in [-0.05, 0) is 51.1 Å². The van der Waals surface area contributed by atoms with Gasteiger partial charge in [0.25, 0.3) is 0 Å². The third-order valence-electron chi connectivity index (χ3n) is 4.08. The number of rotatable bonds is 4. The maximum absolute atomic E-state index is 12.4. The lowest BCUT2D eigenvalue weighted by molar-refractivity contribution is 0.148. The molecule has 0 saturated carbocycles. The van der Waals surface area contributed by atoms with Gasteiger partial charge in [-0.25, -0.2) is 4.79 Å². The first-order valence-corrected chi connectivity index (χ1v) is 7.56. The zero-order valence-corrected chi connectivity index (χ0v) is 11.7. The van der Waals surface area contributed by atoms with Crippen molar-refractivity contribution in [1.29, 1.82) is 0 Å². The van der Waals surface area contributed by atoms with Crippen molar-refractivity contribution in [3.8, 4) is 0 Å². The fourth-order valence-corrected chi connectivity index (χ4v) is 3.02. The Morgan fingerprint density at radius 2 is 1.94 bits per heavy atom. The number of urea groups is 1. The average molecular weight is 253 g/mol. The minimum absolute atomic E-state index is 0.285. The summed E-state index contributed by atoms with van der Waals surface area (Å²) in [5.74, 6) is 0.698. The summed E-state index contributed by atoms with van der Waals surface area (Å²) in [5.41, 5.74) is 0. The molecule has 0 atom stereocenters. The fraction of sp³-hybridized carbons (Fsp3) is 0.929. The van der Waals surface area contributed by atoms with Crippen molar-refractivity contribution in [3.63, 3.8) is 0 Å². The molecular weight excluding hydrogens is 226 g/mol. The maximum atomic E-state index is 12.4. The van der Waals surface area contributed by atoms with E-state index in [0.717, 1.165) is 45.7 Å². The quantitative estimate of drug-likeness (QED) is 0.831. The highest BCUT2D eigenvalue weighted by molar-refractivity contribution is 5.74. The third-order valence-corrected chi connectivity index (χ3v) is 4.08. The van der Waals surface area contributed by atoms with E-state index in [1.54, 1.807) is 0 Å². The van der Waals surface area contributed by atoms with E-state index in [1.807, 2.05) is 4.90 Å². The summed E-state index contributed by atoms with van der Waals surface area (Å²) in [7, 11) is 0. The van der Waals surface area contributed by atoms with Gasteiger partial charge in [0.15, 0.2) is 0 Å². The molecule has 0 aromatic rings. The number of amides is 2. The van der Waals surface area contributed by atoms with E-state index in [-0.39, 0.29) is 6.03 Å². The standard InChI is InChI=1S/C14H27N3O/c1-2-9-17(12-13-5-7-15-8-6-13)14(18)16-10-3-4-11-16/h13,15H,2-12H2,1H3. The Morgan fingerprint density at radius 1 is 1.28 bits per heavy atom. The predicted molar refractivity (Wildman–Crippen MR) is 73.7 cm³/mol. The van der Waals surface area contributed by atoms with Crippen LogP contribution in [0.5, 0.6) is 0 Å². The van der Waals surface area contributed by atoms with E-state index in [1.165, 1.54) is 25.7 Å². The SMILES string of the molecule is CCCN(CC1CCNCC1)C(=O)N1CCCC1. The van der Waals surface area contributed by atoms with Crippen molar-refractivity contribution >= 4 is 6.03 Å². The second-order valence-electron chi connectivity index (χ2n) is 5.62. The van der Waals surface area contributed by atoms with Crippen molar-refractivity contribution < 1.29 is 4.79 Å². The Bertz CT molecular complexity index is 258. The molecule has 104 valence electrons. The molecule has 0 radical (unpaired) electrons. The predicted octanol–water partition coefficient (Wildman–Crippen LogP) is 1.91. The number of piperidine rings is 1. The molecule has 4 heteroatoms. The highest BCUT2D eigenvalue weighted by atomic mass is 16.2. The van der Waals surface area contributed by atoms with Gasteiger partial charge in [0.1, 0.15) is 0 Å². The zero-order valence-electron chi connectivity index (χ0n) is 11.7. The monoisotopic (exact) mass is 253 g/mol. The van der Waals surface area contributed by atoms with E-state index < -0.39 is 0 Å². The topological polar surface area (TPSA) is 35.6 Å². The van der Waals surface area contributed by atoms with Gasteiger partial charge >= 0.3 is 6.03 Å². The largest absolute Gasteiger partial charge is 0.325 e. The smallest absolute Gasteiger partial charge is 0.320 e. The summed E-state index contributed by atoms with van der Waals surface area (Å²) < 4.78 is 0. The molecule has 0 unspecified atom stereocenters. The number of carbonyl (C=O) groups excluding carboxylic acids is 1. The number of hydrogen-bond donors (Lipinski definition) is 1. The number of nitrogens with one attached hydrogen (secondary N) is 1. The van der Waals surface area contributed by atoms with Gasteiger partial charge < -0.3 is 15.1 Å². The van der Waals surface area contributed by atoms with E-state index in [4.69, 9.17) is 0 Å². The van der Waals surface area contributed by atoms with Crippen LogP contribution < -0.4 is 5.32 Å². The van der Waals surface area contributed by atoms with E-state index in [2.05, 4.69) is 17.1 Å². The number of nitrogens with zero attached hydrogens (tertiary/aromatic N) is 2. The average Bonchev–Trinajstić information content (AvgIpc) is 2.92. The Hall–Kier alpha value is -0.770. The first-order chi connectivity index (χ1) is 8.81. The van der Waals surface area contributed by atoms with Crippen molar-refractivity contribution in [2.24, 2.45) is 5.92 Å². The lowest BCUT2D eigenvalue weighted by Crippen LogP contribution is -2.45. The second kappa shape index (κ2) is 6.98. The summed E-state index contributed by atoms with van der Waals surface area (Å²) >= 11 is 0. The highest BCUT2D eigenvalue weighted by Crippen LogP contribution is 2.17. The van der Waals surface area contributed by atoms with Gasteiger partial charge in [-0.3, -0.25) is 0 Å². The van der Waals surface area contributed by atoms with Crippen molar-refractivity contribution in [1.82, 2.24) is 15.1 Å². The molecule has 2 heterocycles. The zero-order chi connectivity index (χ0) is 12.8. The van der Waals surface area contributed by atoms with Gasteiger partial charge in [-0.1, -0.05) is 6.92 Å². The van der Waals surface area contributed by atoms with Crippen molar-refractivity contribution in [2.75, 3.05) is 39.3 Å². The van der Waals surface area contributed by atoms with Gasteiger partial charge in [-0.2, -0.15) is 0 Å². The fourth-order valence-electron chi connectivity index (χ4n) is 3.02. The molecule has 4 nitrogen and oxygen atoms in total. The Labute approximate surface area is 111 Å². The van der Waals surface area contributed by atoms with Crippen LogP contribution in [-0.2, 0) is 0 Å². The van der Waals surface area contributed by atoms with Gasteiger partial charge in [0.2, 0.25) is 0 Å². The first-order valence-electron chi connectivity index (χ1n) is 7.56. The number of hydrogen-bond acceptors (Lipinski definition) is 2. The summed E-state index contributed by atoms with van der Waals surface area (Å²) in [4.78, 5) is 16.6. The molecule has 2 aliphatic rings. The summed E-state index contributed by atoms with van der Waals surface area (Å²) in [6.07, 6.45) is 5.85. The molecular formula is C14H27N3O. The lowest BCUT2D eigenvalue weighted by Gasteiger charge is -2.32. The number of carbonyl (C=O) groups is 1. The van der Waals surface area contributed by atoms with E-state index >= 15 is 0 Å². The van der Waals surface area contributed by atoms with Crippen LogP contribution in [0.2, 0.25) is 0 Å². The van der Waals surface area contributed by atoms with E-state index in [9.17, 15) is 4.79 Å². The maximum Gasteiger partial charge on any atom is 0.320 e. The number of likely N-dealkylation sites (tertiary alicyclic amines) is 1. The van der Waals surface area contributed by atoms with Gasteiger partial charge in [0.05, 0.1) is 0 Å². The van der Waals surface area contributed by atoms with Crippen LogP contribution in [0, 0.1) is 5.92 Å². The van der Waals surface area contributed by atoms with Gasteiger partial charge in [-0.15, -0.1) is 0 Å². The molecule has 0 spiro atoms. The molecule has 0 bridgehead atoms. The van der Waals surface area contributed by atoms with Crippen molar-refractivity contribution in [2.45, 2.75) is 39.0 Å². The molecule has 1 N–H and O–H groups in total.